The van der Waals surface area contributed by atoms with Crippen LogP contribution in [0.5, 0.6) is 0 Å². The van der Waals surface area contributed by atoms with Gasteiger partial charge >= 0.3 is 0 Å². The lowest BCUT2D eigenvalue weighted by atomic mass is 9.98. The Morgan fingerprint density at radius 3 is 3.00 bits per heavy atom. The summed E-state index contributed by atoms with van der Waals surface area (Å²) in [6.07, 6.45) is 2.62. The van der Waals surface area contributed by atoms with Crippen LogP contribution in [0.1, 0.15) is 45.2 Å². The van der Waals surface area contributed by atoms with Crippen LogP contribution in [0.2, 0.25) is 0 Å². The van der Waals surface area contributed by atoms with E-state index >= 15 is 0 Å². The smallest absolute Gasteiger partial charge is 0.221 e. The highest BCUT2D eigenvalue weighted by molar-refractivity contribution is 5.88. The monoisotopic (exact) mass is 290 g/mol. The Morgan fingerprint density at radius 2 is 2.29 bits per heavy atom. The predicted molar refractivity (Wildman–Crippen MR) is 85.3 cm³/mol. The predicted octanol–water partition coefficient (Wildman–Crippen LogP) is 3.11. The Balaban J connectivity index is 1.90. The molecule has 116 valence electrons. The van der Waals surface area contributed by atoms with Crippen molar-refractivity contribution in [1.29, 1.82) is 0 Å². The first-order valence-electron chi connectivity index (χ1n) is 7.82. The van der Waals surface area contributed by atoms with E-state index in [4.69, 9.17) is 4.74 Å². The zero-order chi connectivity index (χ0) is 15.2. The summed E-state index contributed by atoms with van der Waals surface area (Å²) in [6.45, 7) is 7.73. The van der Waals surface area contributed by atoms with Gasteiger partial charge in [-0.3, -0.25) is 4.79 Å². The summed E-state index contributed by atoms with van der Waals surface area (Å²) in [7, 11) is 0. The molecule has 3 unspecified atom stereocenters. The van der Waals surface area contributed by atoms with E-state index in [2.05, 4.69) is 30.5 Å². The average molecular weight is 290 g/mol. The lowest BCUT2D eigenvalue weighted by Crippen LogP contribution is -2.30. The SMILES string of the molecule is CCC1OCCC1CNC(C)c1cccc(NC(C)=O)c1. The van der Waals surface area contributed by atoms with E-state index in [1.54, 1.807) is 0 Å². The van der Waals surface area contributed by atoms with Crippen molar-refractivity contribution in [3.63, 3.8) is 0 Å². The topological polar surface area (TPSA) is 50.4 Å². The number of hydrogen-bond acceptors (Lipinski definition) is 3. The number of hydrogen-bond donors (Lipinski definition) is 2. The molecule has 0 radical (unpaired) electrons. The fourth-order valence-corrected chi connectivity index (χ4v) is 2.91. The normalized spacial score (nSPS) is 23.0. The Kier molecular flexibility index (Phi) is 5.76. The van der Waals surface area contributed by atoms with Crippen LogP contribution < -0.4 is 10.6 Å². The number of benzene rings is 1. The van der Waals surface area contributed by atoms with Gasteiger partial charge in [0.05, 0.1) is 6.10 Å². The second-order valence-corrected chi connectivity index (χ2v) is 5.80. The molecule has 0 aliphatic carbocycles. The first-order valence-corrected chi connectivity index (χ1v) is 7.82. The van der Waals surface area contributed by atoms with Crippen LogP contribution in [0.15, 0.2) is 24.3 Å². The number of carbonyl (C=O) groups excluding carboxylic acids is 1. The van der Waals surface area contributed by atoms with Gasteiger partial charge in [0, 0.05) is 31.8 Å². The van der Waals surface area contributed by atoms with Crippen LogP contribution in [-0.2, 0) is 9.53 Å². The van der Waals surface area contributed by atoms with E-state index < -0.39 is 0 Å². The van der Waals surface area contributed by atoms with Crippen LogP contribution in [0.3, 0.4) is 0 Å². The van der Waals surface area contributed by atoms with Gasteiger partial charge in [0.15, 0.2) is 0 Å². The van der Waals surface area contributed by atoms with Gasteiger partial charge in [-0.1, -0.05) is 19.1 Å². The van der Waals surface area contributed by atoms with E-state index in [0.717, 1.165) is 31.7 Å². The summed E-state index contributed by atoms with van der Waals surface area (Å²) in [5, 5.41) is 6.42. The van der Waals surface area contributed by atoms with Crippen molar-refractivity contribution in [3.05, 3.63) is 29.8 Å². The van der Waals surface area contributed by atoms with Crippen molar-refractivity contribution >= 4 is 11.6 Å². The molecule has 1 heterocycles. The van der Waals surface area contributed by atoms with Crippen molar-refractivity contribution in [2.75, 3.05) is 18.5 Å². The summed E-state index contributed by atoms with van der Waals surface area (Å²) in [5.74, 6) is 0.567. The summed E-state index contributed by atoms with van der Waals surface area (Å²) in [5.41, 5.74) is 2.04. The van der Waals surface area contributed by atoms with Gasteiger partial charge in [-0.25, -0.2) is 0 Å². The third-order valence-electron chi connectivity index (χ3n) is 4.14. The molecule has 1 aliphatic heterocycles. The molecule has 0 spiro atoms. The third-order valence-corrected chi connectivity index (χ3v) is 4.14. The second-order valence-electron chi connectivity index (χ2n) is 5.80. The number of rotatable bonds is 6. The van der Waals surface area contributed by atoms with Gasteiger partial charge < -0.3 is 15.4 Å². The molecule has 1 aromatic rings. The van der Waals surface area contributed by atoms with Crippen molar-refractivity contribution in [1.82, 2.24) is 5.32 Å². The van der Waals surface area contributed by atoms with Gasteiger partial charge in [-0.2, -0.15) is 0 Å². The van der Waals surface area contributed by atoms with E-state index in [0.29, 0.717) is 12.0 Å². The first kappa shape index (κ1) is 16.0. The van der Waals surface area contributed by atoms with E-state index in [9.17, 15) is 4.79 Å². The summed E-state index contributed by atoms with van der Waals surface area (Å²) in [6, 6.07) is 8.27. The molecule has 1 saturated heterocycles. The van der Waals surface area contributed by atoms with Crippen molar-refractivity contribution in [3.8, 4) is 0 Å². The molecule has 1 aromatic carbocycles. The molecule has 3 atom stereocenters. The number of anilines is 1. The molecule has 1 aliphatic rings. The Bertz CT molecular complexity index is 476. The Morgan fingerprint density at radius 1 is 1.48 bits per heavy atom. The van der Waals surface area contributed by atoms with Gasteiger partial charge in [-0.05, 0) is 43.4 Å². The maximum absolute atomic E-state index is 11.1. The molecular formula is C17H26N2O2. The first-order chi connectivity index (χ1) is 10.1. The Labute approximate surface area is 127 Å². The van der Waals surface area contributed by atoms with Crippen molar-refractivity contribution < 1.29 is 9.53 Å². The number of amides is 1. The highest BCUT2D eigenvalue weighted by Gasteiger charge is 2.26. The lowest BCUT2D eigenvalue weighted by Gasteiger charge is -2.21. The fourth-order valence-electron chi connectivity index (χ4n) is 2.91. The quantitative estimate of drug-likeness (QED) is 0.846. The van der Waals surface area contributed by atoms with Gasteiger partial charge in [0.25, 0.3) is 0 Å². The number of carbonyl (C=O) groups is 1. The molecule has 4 nitrogen and oxygen atoms in total. The van der Waals surface area contributed by atoms with E-state index in [1.165, 1.54) is 12.5 Å². The maximum atomic E-state index is 11.1. The van der Waals surface area contributed by atoms with Crippen LogP contribution in [0, 0.1) is 5.92 Å². The standard InChI is InChI=1S/C17H26N2O2/c1-4-17-15(8-9-21-17)11-18-12(2)14-6-5-7-16(10-14)19-13(3)20/h5-7,10,12,15,17-18H,4,8-9,11H2,1-3H3,(H,19,20). The number of nitrogens with one attached hydrogen (secondary N) is 2. The minimum atomic E-state index is -0.0401. The van der Waals surface area contributed by atoms with Crippen LogP contribution in [-0.4, -0.2) is 25.2 Å². The molecule has 21 heavy (non-hydrogen) atoms. The van der Waals surface area contributed by atoms with Gasteiger partial charge in [-0.15, -0.1) is 0 Å². The minimum absolute atomic E-state index is 0.0401. The lowest BCUT2D eigenvalue weighted by molar-refractivity contribution is -0.114. The van der Waals surface area contributed by atoms with Crippen LogP contribution >= 0.6 is 0 Å². The maximum Gasteiger partial charge on any atom is 0.221 e. The van der Waals surface area contributed by atoms with Crippen molar-refractivity contribution in [2.24, 2.45) is 5.92 Å². The van der Waals surface area contributed by atoms with E-state index in [1.807, 2.05) is 18.2 Å². The Hall–Kier alpha value is -1.39. The van der Waals surface area contributed by atoms with Crippen LogP contribution in [0.25, 0.3) is 0 Å². The molecule has 0 bridgehead atoms. The fraction of sp³-hybridized carbons (Fsp3) is 0.588. The van der Waals surface area contributed by atoms with Gasteiger partial charge in [0.1, 0.15) is 0 Å². The summed E-state index contributed by atoms with van der Waals surface area (Å²) >= 11 is 0. The summed E-state index contributed by atoms with van der Waals surface area (Å²) < 4.78 is 5.73. The summed E-state index contributed by atoms with van der Waals surface area (Å²) in [4.78, 5) is 11.1. The molecular weight excluding hydrogens is 264 g/mol. The van der Waals surface area contributed by atoms with Crippen molar-refractivity contribution in [2.45, 2.75) is 45.8 Å². The zero-order valence-electron chi connectivity index (χ0n) is 13.2. The molecule has 2 rings (SSSR count). The molecule has 1 amide bonds. The minimum Gasteiger partial charge on any atom is -0.378 e. The number of ether oxygens (including phenoxy) is 1. The second kappa shape index (κ2) is 7.57. The van der Waals surface area contributed by atoms with Gasteiger partial charge in [0.2, 0.25) is 5.91 Å². The van der Waals surface area contributed by atoms with Crippen LogP contribution in [0.4, 0.5) is 5.69 Å². The molecule has 0 saturated carbocycles. The molecule has 0 aromatic heterocycles. The van der Waals surface area contributed by atoms with E-state index in [-0.39, 0.29) is 11.9 Å². The third kappa shape index (κ3) is 4.55. The largest absolute Gasteiger partial charge is 0.378 e. The molecule has 4 heteroatoms. The highest BCUT2D eigenvalue weighted by Crippen LogP contribution is 2.24. The average Bonchev–Trinajstić information content (AvgIpc) is 2.91. The molecule has 1 fully saturated rings. The molecule has 2 N–H and O–H groups in total. The highest BCUT2D eigenvalue weighted by atomic mass is 16.5. The zero-order valence-corrected chi connectivity index (χ0v) is 13.2.